The van der Waals surface area contributed by atoms with Crippen LogP contribution in [0.1, 0.15) is 19.3 Å². The predicted molar refractivity (Wildman–Crippen MR) is 109 cm³/mol. The molecule has 0 aromatic heterocycles. The molecule has 1 aromatic rings. The summed E-state index contributed by atoms with van der Waals surface area (Å²) in [4.78, 5) is 30.5. The summed E-state index contributed by atoms with van der Waals surface area (Å²) in [6.45, 7) is 2.83. The molecule has 0 aliphatic carbocycles. The van der Waals surface area contributed by atoms with Crippen LogP contribution in [0.5, 0.6) is 0 Å². The zero-order chi connectivity index (χ0) is 20.5. The molecule has 0 spiro atoms. The van der Waals surface area contributed by atoms with E-state index in [4.69, 9.17) is 0 Å². The van der Waals surface area contributed by atoms with Gasteiger partial charge in [0.1, 0.15) is 6.04 Å². The maximum Gasteiger partial charge on any atom is 0.245 e. The maximum atomic E-state index is 12.7. The first-order chi connectivity index (χ1) is 13.2. The van der Waals surface area contributed by atoms with Gasteiger partial charge in [-0.3, -0.25) is 14.5 Å². The summed E-state index contributed by atoms with van der Waals surface area (Å²) in [7, 11) is -0.233. The summed E-state index contributed by atoms with van der Waals surface area (Å²) in [5.74, 6) is -0.180. The van der Waals surface area contributed by atoms with E-state index in [0.717, 1.165) is 42.2 Å². The van der Waals surface area contributed by atoms with Crippen LogP contribution >= 0.6 is 0 Å². The van der Waals surface area contributed by atoms with Crippen LogP contribution in [0.15, 0.2) is 24.3 Å². The van der Waals surface area contributed by atoms with Gasteiger partial charge in [0.25, 0.3) is 0 Å². The van der Waals surface area contributed by atoms with Crippen molar-refractivity contribution in [1.82, 2.24) is 9.21 Å². The first-order valence-corrected chi connectivity index (χ1v) is 11.4. The van der Waals surface area contributed by atoms with E-state index in [9.17, 15) is 18.0 Å². The second-order valence-electron chi connectivity index (χ2n) is 7.53. The fourth-order valence-electron chi connectivity index (χ4n) is 3.73. The van der Waals surface area contributed by atoms with Gasteiger partial charge in [0.15, 0.2) is 0 Å². The van der Waals surface area contributed by atoms with E-state index in [2.05, 4.69) is 4.90 Å². The van der Waals surface area contributed by atoms with Crippen LogP contribution in [0, 0.1) is 0 Å². The highest BCUT2D eigenvalue weighted by Gasteiger charge is 2.38. The molecule has 0 radical (unpaired) electrons. The molecule has 3 rings (SSSR count). The Labute approximate surface area is 166 Å². The van der Waals surface area contributed by atoms with E-state index < -0.39 is 16.1 Å². The Morgan fingerprint density at radius 2 is 1.71 bits per heavy atom. The van der Waals surface area contributed by atoms with Crippen molar-refractivity contribution in [1.29, 1.82) is 0 Å². The number of hydrogen-bond donors (Lipinski definition) is 0. The van der Waals surface area contributed by atoms with Crippen LogP contribution in [0.2, 0.25) is 0 Å². The number of rotatable bonds is 6. The number of hydrogen-bond acceptors (Lipinski definition) is 5. The zero-order valence-electron chi connectivity index (χ0n) is 16.7. The van der Waals surface area contributed by atoms with Crippen molar-refractivity contribution in [3.05, 3.63) is 24.3 Å². The Morgan fingerprint density at radius 1 is 1.11 bits per heavy atom. The fourth-order valence-corrected chi connectivity index (χ4v) is 4.39. The molecule has 2 heterocycles. The molecule has 2 fully saturated rings. The van der Waals surface area contributed by atoms with Crippen molar-refractivity contribution in [3.8, 4) is 0 Å². The molecule has 154 valence electrons. The number of sulfonamides is 1. The highest BCUT2D eigenvalue weighted by Crippen LogP contribution is 2.27. The number of benzene rings is 1. The summed E-state index contributed by atoms with van der Waals surface area (Å²) < 4.78 is 24.6. The Hall–Kier alpha value is -1.97. The zero-order valence-corrected chi connectivity index (χ0v) is 17.5. The molecule has 0 saturated carbocycles. The van der Waals surface area contributed by atoms with Gasteiger partial charge in [0.2, 0.25) is 21.8 Å². The Morgan fingerprint density at radius 3 is 2.29 bits per heavy atom. The van der Waals surface area contributed by atoms with Crippen molar-refractivity contribution >= 4 is 33.2 Å². The van der Waals surface area contributed by atoms with E-state index in [0.29, 0.717) is 25.2 Å². The lowest BCUT2D eigenvalue weighted by Crippen LogP contribution is -2.42. The van der Waals surface area contributed by atoms with Gasteiger partial charge in [0.05, 0.1) is 12.8 Å². The lowest BCUT2D eigenvalue weighted by Gasteiger charge is -2.23. The molecular weight excluding hydrogens is 380 g/mol. The summed E-state index contributed by atoms with van der Waals surface area (Å²) in [6, 6.07) is 6.57. The quantitative estimate of drug-likeness (QED) is 0.694. The SMILES string of the molecule is CN(C(=O)CN1CCCC1)c1ccc(N2CCC(N(C)S(C)(=O)=O)C2=O)cc1. The van der Waals surface area contributed by atoms with Crippen LogP contribution in [-0.4, -0.2) is 82.0 Å². The molecule has 0 bridgehead atoms. The van der Waals surface area contributed by atoms with Crippen LogP contribution < -0.4 is 9.80 Å². The van der Waals surface area contributed by atoms with Crippen molar-refractivity contribution in [2.24, 2.45) is 0 Å². The Bertz CT molecular complexity index is 834. The minimum atomic E-state index is -3.42. The molecule has 28 heavy (non-hydrogen) atoms. The number of carbonyl (C=O) groups excluding carboxylic acids is 2. The fraction of sp³-hybridized carbons (Fsp3) is 0.579. The van der Waals surface area contributed by atoms with E-state index in [1.807, 2.05) is 12.1 Å². The molecule has 8 nitrogen and oxygen atoms in total. The number of amides is 2. The number of anilines is 2. The standard InChI is InChI=1S/C19H28N4O4S/c1-20(18(24)14-22-11-4-5-12-22)15-6-8-16(9-7-15)23-13-10-17(19(23)25)21(2)28(3,26)27/h6-9,17H,4-5,10-14H2,1-3H3. The van der Waals surface area contributed by atoms with E-state index >= 15 is 0 Å². The summed E-state index contributed by atoms with van der Waals surface area (Å²) in [6.07, 6.45) is 3.85. The topological polar surface area (TPSA) is 81.2 Å². The molecule has 2 aliphatic heterocycles. The predicted octanol–water partition coefficient (Wildman–Crippen LogP) is 0.742. The van der Waals surface area contributed by atoms with Gasteiger partial charge < -0.3 is 9.80 Å². The second-order valence-corrected chi connectivity index (χ2v) is 9.57. The molecule has 1 atom stereocenters. The Balaban J connectivity index is 1.65. The number of nitrogens with zero attached hydrogens (tertiary/aromatic N) is 4. The van der Waals surface area contributed by atoms with E-state index in [1.54, 1.807) is 29.0 Å². The lowest BCUT2D eigenvalue weighted by molar-refractivity contribution is -0.120. The molecule has 0 N–H and O–H groups in total. The van der Waals surface area contributed by atoms with Crippen molar-refractivity contribution in [2.45, 2.75) is 25.3 Å². The van der Waals surface area contributed by atoms with Gasteiger partial charge in [-0.05, 0) is 56.6 Å². The highest BCUT2D eigenvalue weighted by molar-refractivity contribution is 7.88. The monoisotopic (exact) mass is 408 g/mol. The van der Waals surface area contributed by atoms with Gasteiger partial charge in [-0.15, -0.1) is 0 Å². The minimum absolute atomic E-state index is 0.0433. The minimum Gasteiger partial charge on any atom is -0.314 e. The van der Waals surface area contributed by atoms with Crippen molar-refractivity contribution in [3.63, 3.8) is 0 Å². The van der Waals surface area contributed by atoms with Gasteiger partial charge >= 0.3 is 0 Å². The lowest BCUT2D eigenvalue weighted by atomic mass is 10.2. The van der Waals surface area contributed by atoms with E-state index in [1.165, 1.54) is 7.05 Å². The molecule has 1 unspecified atom stereocenters. The highest BCUT2D eigenvalue weighted by atomic mass is 32.2. The van der Waals surface area contributed by atoms with Crippen LogP contribution in [0.3, 0.4) is 0 Å². The van der Waals surface area contributed by atoms with Crippen LogP contribution in [-0.2, 0) is 19.6 Å². The summed E-state index contributed by atoms with van der Waals surface area (Å²) >= 11 is 0. The largest absolute Gasteiger partial charge is 0.314 e. The third kappa shape index (κ3) is 4.37. The maximum absolute atomic E-state index is 12.7. The average Bonchev–Trinajstić information content (AvgIpc) is 3.29. The number of carbonyl (C=O) groups is 2. The first-order valence-electron chi connectivity index (χ1n) is 9.52. The molecular formula is C19H28N4O4S. The van der Waals surface area contributed by atoms with Gasteiger partial charge in [0, 0.05) is 32.0 Å². The van der Waals surface area contributed by atoms with Crippen LogP contribution in [0.25, 0.3) is 0 Å². The smallest absolute Gasteiger partial charge is 0.245 e. The van der Waals surface area contributed by atoms with Crippen molar-refractivity contribution in [2.75, 3.05) is 56.3 Å². The molecule has 2 aliphatic rings. The van der Waals surface area contributed by atoms with Crippen LogP contribution in [0.4, 0.5) is 11.4 Å². The Kier molecular flexibility index (Phi) is 6.07. The average molecular weight is 409 g/mol. The normalized spacial score (nSPS) is 20.9. The van der Waals surface area contributed by atoms with Crippen molar-refractivity contribution < 1.29 is 18.0 Å². The molecule has 2 amide bonds. The third-order valence-corrected chi connectivity index (χ3v) is 6.92. The molecule has 2 saturated heterocycles. The van der Waals surface area contributed by atoms with Gasteiger partial charge in [-0.2, -0.15) is 4.31 Å². The number of likely N-dealkylation sites (tertiary alicyclic amines) is 1. The van der Waals surface area contributed by atoms with Gasteiger partial charge in [-0.1, -0.05) is 0 Å². The molecule has 9 heteroatoms. The number of likely N-dealkylation sites (N-methyl/N-ethyl adjacent to an activating group) is 2. The first kappa shape index (κ1) is 20.8. The summed E-state index contributed by atoms with van der Waals surface area (Å²) in [5, 5.41) is 0. The summed E-state index contributed by atoms with van der Waals surface area (Å²) in [5.41, 5.74) is 1.47. The van der Waals surface area contributed by atoms with Gasteiger partial charge in [-0.25, -0.2) is 8.42 Å². The third-order valence-electron chi connectivity index (χ3n) is 5.62. The molecule has 1 aromatic carbocycles. The second kappa shape index (κ2) is 8.18. The van der Waals surface area contributed by atoms with E-state index in [-0.39, 0.29) is 11.8 Å².